The van der Waals surface area contributed by atoms with Gasteiger partial charge in [-0.15, -0.1) is 0 Å². The Kier molecular flexibility index (Phi) is 6.47. The lowest BCUT2D eigenvalue weighted by atomic mass is 9.82. The minimum absolute atomic E-state index is 0.170. The van der Waals surface area contributed by atoms with Crippen LogP contribution in [0, 0.1) is 5.82 Å². The summed E-state index contributed by atoms with van der Waals surface area (Å²) in [6, 6.07) is 19.6. The molecule has 0 unspecified atom stereocenters. The second-order valence-electron chi connectivity index (χ2n) is 9.65. The summed E-state index contributed by atoms with van der Waals surface area (Å²) in [5.41, 5.74) is 2.47. The van der Waals surface area contributed by atoms with E-state index in [1.807, 2.05) is 36.4 Å². The number of fused-ring (bicyclic) bond motifs is 1. The maximum Gasteiger partial charge on any atom is 0.415 e. The van der Waals surface area contributed by atoms with Crippen molar-refractivity contribution in [3.8, 4) is 22.6 Å². The molecule has 2 heterocycles. The Labute approximate surface area is 210 Å². The van der Waals surface area contributed by atoms with Gasteiger partial charge in [-0.3, -0.25) is 0 Å². The summed E-state index contributed by atoms with van der Waals surface area (Å²) in [5.74, 6) is 0.509. The fourth-order valence-electron chi connectivity index (χ4n) is 4.93. The first-order valence-corrected chi connectivity index (χ1v) is 14.1. The molecule has 8 heteroatoms. The Bertz CT molecular complexity index is 1380. The minimum Gasteiger partial charge on any atom is -0.487 e. The highest BCUT2D eigenvalue weighted by atomic mass is 32.2. The van der Waals surface area contributed by atoms with Crippen LogP contribution in [0.5, 0.6) is 11.5 Å². The lowest BCUT2D eigenvalue weighted by Gasteiger charge is -2.44. The predicted molar refractivity (Wildman–Crippen MR) is 135 cm³/mol. The Morgan fingerprint density at radius 2 is 1.69 bits per heavy atom. The lowest BCUT2D eigenvalue weighted by molar-refractivity contribution is -0.00948. The number of hydrogen-bond acceptors (Lipinski definition) is 5. The van der Waals surface area contributed by atoms with Gasteiger partial charge in [0.25, 0.3) is 0 Å². The molecule has 0 bridgehead atoms. The van der Waals surface area contributed by atoms with Gasteiger partial charge in [0.15, 0.2) is 9.84 Å². The van der Waals surface area contributed by atoms with Crippen molar-refractivity contribution in [2.45, 2.75) is 37.0 Å². The number of piperidine rings is 1. The van der Waals surface area contributed by atoms with Crippen molar-refractivity contribution in [2.24, 2.45) is 0 Å². The van der Waals surface area contributed by atoms with Crippen molar-refractivity contribution in [1.29, 1.82) is 0 Å². The molecule has 0 aromatic heterocycles. The molecule has 1 amide bonds. The first-order chi connectivity index (χ1) is 17.2. The highest BCUT2D eigenvalue weighted by Crippen LogP contribution is 2.41. The summed E-state index contributed by atoms with van der Waals surface area (Å²) < 4.78 is 49.5. The van der Waals surface area contributed by atoms with E-state index in [2.05, 4.69) is 0 Å². The molecule has 0 atom stereocenters. The van der Waals surface area contributed by atoms with Gasteiger partial charge in [0.05, 0.1) is 5.75 Å². The van der Waals surface area contributed by atoms with Gasteiger partial charge in [0, 0.05) is 37.8 Å². The molecule has 2 aliphatic rings. The maximum atomic E-state index is 14.5. The molecule has 6 nitrogen and oxygen atoms in total. The van der Waals surface area contributed by atoms with E-state index in [1.54, 1.807) is 23.1 Å². The van der Waals surface area contributed by atoms with E-state index in [0.29, 0.717) is 24.4 Å². The number of likely N-dealkylation sites (tertiary alicyclic amines) is 1. The van der Waals surface area contributed by atoms with Crippen LogP contribution >= 0.6 is 0 Å². The summed E-state index contributed by atoms with van der Waals surface area (Å²) in [5, 5.41) is 0. The van der Waals surface area contributed by atoms with Gasteiger partial charge in [0.2, 0.25) is 0 Å². The number of benzene rings is 3. The average Bonchev–Trinajstić information content (AvgIpc) is 2.85. The molecular weight excluding hydrogens is 481 g/mol. The van der Waals surface area contributed by atoms with E-state index < -0.39 is 15.7 Å². The minimum atomic E-state index is -3.31. The molecule has 0 radical (unpaired) electrons. The lowest BCUT2D eigenvalue weighted by Crippen LogP contribution is -2.51. The smallest absolute Gasteiger partial charge is 0.415 e. The quantitative estimate of drug-likeness (QED) is 0.471. The molecule has 188 valence electrons. The van der Waals surface area contributed by atoms with Crippen LogP contribution in [0.4, 0.5) is 9.18 Å². The second-order valence-corrected chi connectivity index (χ2v) is 11.8. The zero-order valence-corrected chi connectivity index (χ0v) is 20.9. The van der Waals surface area contributed by atoms with Gasteiger partial charge in [-0.05, 0) is 59.9 Å². The molecular formula is C28H28FNO5S. The number of carbonyl (C=O) groups excluding carboxylic acids is 1. The Morgan fingerprint density at radius 3 is 2.39 bits per heavy atom. The average molecular weight is 510 g/mol. The third-order valence-electron chi connectivity index (χ3n) is 6.92. The van der Waals surface area contributed by atoms with Gasteiger partial charge in [-0.1, -0.05) is 36.4 Å². The number of nitrogens with zero attached hydrogens (tertiary/aromatic N) is 1. The summed E-state index contributed by atoms with van der Waals surface area (Å²) in [6.07, 6.45) is 3.87. The molecule has 1 saturated heterocycles. The van der Waals surface area contributed by atoms with Crippen LogP contribution in [0.1, 0.15) is 30.4 Å². The molecule has 5 rings (SSSR count). The molecule has 0 saturated carbocycles. The first kappa shape index (κ1) is 24.3. The Morgan fingerprint density at radius 1 is 1.00 bits per heavy atom. The van der Waals surface area contributed by atoms with Crippen LogP contribution in [-0.4, -0.2) is 44.4 Å². The van der Waals surface area contributed by atoms with Crippen molar-refractivity contribution >= 4 is 15.9 Å². The van der Waals surface area contributed by atoms with Crippen molar-refractivity contribution in [2.75, 3.05) is 19.3 Å². The number of carbonyl (C=O) groups is 1. The standard InChI is InChI=1S/C28H28FNO5S/c1-36(32,33)19-23-8-7-21(18-25(23)29)20-9-10-26-22(17-20)11-12-28(35-26)13-15-30(16-14-28)27(31)34-24-5-3-2-4-6-24/h2-10,17-18H,11-16,19H2,1H3. The summed E-state index contributed by atoms with van der Waals surface area (Å²) in [7, 11) is -3.31. The summed E-state index contributed by atoms with van der Waals surface area (Å²) in [4.78, 5) is 14.3. The van der Waals surface area contributed by atoms with Gasteiger partial charge >= 0.3 is 6.09 Å². The van der Waals surface area contributed by atoms with Crippen molar-refractivity contribution in [1.82, 2.24) is 4.90 Å². The topological polar surface area (TPSA) is 72.9 Å². The normalized spacial score (nSPS) is 16.8. The zero-order valence-electron chi connectivity index (χ0n) is 20.1. The highest BCUT2D eigenvalue weighted by Gasteiger charge is 2.41. The number of rotatable bonds is 4. The largest absolute Gasteiger partial charge is 0.487 e. The molecule has 2 aliphatic heterocycles. The van der Waals surface area contributed by atoms with E-state index in [1.165, 1.54) is 12.1 Å². The third-order valence-corrected chi connectivity index (χ3v) is 7.76. The first-order valence-electron chi connectivity index (χ1n) is 12.0. The number of para-hydroxylation sites is 1. The van der Waals surface area contributed by atoms with Gasteiger partial charge in [-0.2, -0.15) is 0 Å². The van der Waals surface area contributed by atoms with Gasteiger partial charge in [0.1, 0.15) is 22.9 Å². The van der Waals surface area contributed by atoms with Crippen LogP contribution in [-0.2, 0) is 22.0 Å². The van der Waals surface area contributed by atoms with Crippen molar-refractivity contribution in [3.05, 3.63) is 83.7 Å². The van der Waals surface area contributed by atoms with Crippen LogP contribution in [0.3, 0.4) is 0 Å². The number of halogens is 1. The highest BCUT2D eigenvalue weighted by molar-refractivity contribution is 7.89. The van der Waals surface area contributed by atoms with E-state index in [9.17, 15) is 17.6 Å². The molecule has 3 aromatic carbocycles. The predicted octanol–water partition coefficient (Wildman–Crippen LogP) is 5.40. The number of sulfone groups is 1. The van der Waals surface area contributed by atoms with E-state index in [4.69, 9.17) is 9.47 Å². The maximum absolute atomic E-state index is 14.5. The van der Waals surface area contributed by atoms with Crippen LogP contribution in [0.2, 0.25) is 0 Å². The Balaban J connectivity index is 1.24. The summed E-state index contributed by atoms with van der Waals surface area (Å²) >= 11 is 0. The van der Waals surface area contributed by atoms with Crippen LogP contribution in [0.25, 0.3) is 11.1 Å². The SMILES string of the molecule is CS(=O)(=O)Cc1ccc(-c2ccc3c(c2)CCC2(CCN(C(=O)Oc4ccccc4)CC2)O3)cc1F. The number of ether oxygens (including phenoxy) is 2. The fourth-order valence-corrected chi connectivity index (χ4v) is 5.73. The molecule has 3 aromatic rings. The number of aryl methyl sites for hydroxylation is 1. The fraction of sp³-hybridized carbons (Fsp3) is 0.321. The monoisotopic (exact) mass is 509 g/mol. The number of amides is 1. The number of hydrogen-bond donors (Lipinski definition) is 0. The summed E-state index contributed by atoms with van der Waals surface area (Å²) in [6.45, 7) is 1.14. The molecule has 1 spiro atoms. The van der Waals surface area contributed by atoms with Crippen molar-refractivity contribution in [3.63, 3.8) is 0 Å². The van der Waals surface area contributed by atoms with Crippen LogP contribution in [0.15, 0.2) is 66.7 Å². The van der Waals surface area contributed by atoms with Gasteiger partial charge < -0.3 is 14.4 Å². The molecule has 36 heavy (non-hydrogen) atoms. The Hall–Kier alpha value is -3.39. The van der Waals surface area contributed by atoms with E-state index >= 15 is 0 Å². The molecule has 0 N–H and O–H groups in total. The zero-order chi connectivity index (χ0) is 25.3. The van der Waals surface area contributed by atoms with E-state index in [-0.39, 0.29) is 23.0 Å². The van der Waals surface area contributed by atoms with Crippen molar-refractivity contribution < 1.29 is 27.1 Å². The van der Waals surface area contributed by atoms with E-state index in [0.717, 1.165) is 48.8 Å². The van der Waals surface area contributed by atoms with Gasteiger partial charge in [-0.25, -0.2) is 17.6 Å². The molecule has 1 fully saturated rings. The molecule has 0 aliphatic carbocycles. The second kappa shape index (κ2) is 9.58. The third kappa shape index (κ3) is 5.38. The van der Waals surface area contributed by atoms with Crippen LogP contribution < -0.4 is 9.47 Å².